The summed E-state index contributed by atoms with van der Waals surface area (Å²) in [6, 6.07) is 10.1. The van der Waals surface area contributed by atoms with Crippen LogP contribution in [0.1, 0.15) is 37.4 Å². The summed E-state index contributed by atoms with van der Waals surface area (Å²) < 4.78 is 32.8. The van der Waals surface area contributed by atoms with Crippen LogP contribution in [-0.4, -0.2) is 54.9 Å². The van der Waals surface area contributed by atoms with Crippen molar-refractivity contribution in [3.05, 3.63) is 47.8 Å². The average Bonchev–Trinajstić information content (AvgIpc) is 3.11. The predicted octanol–water partition coefficient (Wildman–Crippen LogP) is 2.92. The molecule has 0 aliphatic carbocycles. The van der Waals surface area contributed by atoms with Gasteiger partial charge in [-0.05, 0) is 38.3 Å². The third kappa shape index (κ3) is 5.43. The summed E-state index contributed by atoms with van der Waals surface area (Å²) in [5, 5.41) is 0.184. The minimum Gasteiger partial charge on any atom is -0.377 e. The van der Waals surface area contributed by atoms with Crippen LogP contribution in [0.2, 0.25) is 0 Å². The number of rotatable bonds is 9. The highest BCUT2D eigenvalue weighted by atomic mass is 32.2. The third-order valence-electron chi connectivity index (χ3n) is 5.25. The minimum atomic E-state index is -3.37. The summed E-state index contributed by atoms with van der Waals surface area (Å²) in [4.78, 5) is 6.49. The lowest BCUT2D eigenvalue weighted by molar-refractivity contribution is -0.00290. The summed E-state index contributed by atoms with van der Waals surface area (Å²) in [6.07, 6.45) is 6.19. The average molecular weight is 406 g/mol. The van der Waals surface area contributed by atoms with E-state index in [1.54, 1.807) is 13.1 Å². The monoisotopic (exact) mass is 405 g/mol. The molecular formula is C21H31N3O3S. The Morgan fingerprint density at radius 2 is 2.04 bits per heavy atom. The van der Waals surface area contributed by atoms with Crippen LogP contribution in [0.5, 0.6) is 0 Å². The van der Waals surface area contributed by atoms with Gasteiger partial charge in [-0.3, -0.25) is 4.90 Å². The van der Waals surface area contributed by atoms with Gasteiger partial charge < -0.3 is 9.30 Å². The normalized spacial score (nSPS) is 17.9. The Kier molecular flexibility index (Phi) is 7.26. The van der Waals surface area contributed by atoms with Gasteiger partial charge in [-0.25, -0.2) is 13.4 Å². The second-order valence-electron chi connectivity index (χ2n) is 7.51. The minimum absolute atomic E-state index is 0.0561. The lowest BCUT2D eigenvalue weighted by atomic mass is 10.1. The fourth-order valence-electron chi connectivity index (χ4n) is 3.66. The fourth-order valence-corrected chi connectivity index (χ4v) is 4.68. The summed E-state index contributed by atoms with van der Waals surface area (Å²) >= 11 is 0. The highest BCUT2D eigenvalue weighted by Gasteiger charge is 2.23. The van der Waals surface area contributed by atoms with Crippen LogP contribution >= 0.6 is 0 Å². The number of aryl methyl sites for hydroxylation is 1. The number of hydrogen-bond donors (Lipinski definition) is 0. The molecule has 0 saturated carbocycles. The molecule has 1 fully saturated rings. The second-order valence-corrected chi connectivity index (χ2v) is 9.68. The van der Waals surface area contributed by atoms with Crippen LogP contribution < -0.4 is 0 Å². The maximum absolute atomic E-state index is 12.5. The Morgan fingerprint density at radius 3 is 2.71 bits per heavy atom. The van der Waals surface area contributed by atoms with Crippen LogP contribution in [-0.2, 0) is 34.1 Å². The standard InChI is InChI=1S/C21H31N3O3S/c1-3-28(25,26)21-22-15-19(16-23(2)17-20-11-7-8-14-27-20)24(21)13-12-18-9-5-4-6-10-18/h4-6,9-10,15,20H,3,7-8,11-14,16-17H2,1-2H3/t20-/m1/s1. The van der Waals surface area contributed by atoms with E-state index in [1.165, 1.54) is 12.0 Å². The van der Waals surface area contributed by atoms with Crippen LogP contribution in [0.4, 0.5) is 0 Å². The molecule has 0 unspecified atom stereocenters. The number of ether oxygens (including phenoxy) is 1. The molecule has 7 heteroatoms. The van der Waals surface area contributed by atoms with Crippen molar-refractivity contribution in [1.29, 1.82) is 0 Å². The zero-order valence-electron chi connectivity index (χ0n) is 16.9. The van der Waals surface area contributed by atoms with E-state index >= 15 is 0 Å². The van der Waals surface area contributed by atoms with Crippen LogP contribution in [0, 0.1) is 0 Å². The lowest BCUT2D eigenvalue weighted by Gasteiger charge is -2.27. The van der Waals surface area contributed by atoms with Crippen LogP contribution in [0.15, 0.2) is 41.7 Å². The number of imidazole rings is 1. The number of aromatic nitrogens is 2. The zero-order chi connectivity index (χ0) is 20.0. The van der Waals surface area contributed by atoms with Gasteiger partial charge in [-0.15, -0.1) is 0 Å². The first-order valence-corrected chi connectivity index (χ1v) is 11.8. The number of benzene rings is 1. The lowest BCUT2D eigenvalue weighted by Crippen LogP contribution is -2.33. The molecule has 2 heterocycles. The first kappa shape index (κ1) is 21.0. The van der Waals surface area contributed by atoms with E-state index in [-0.39, 0.29) is 17.0 Å². The summed E-state index contributed by atoms with van der Waals surface area (Å²) in [5.41, 5.74) is 2.12. The highest BCUT2D eigenvalue weighted by molar-refractivity contribution is 7.91. The quantitative estimate of drug-likeness (QED) is 0.642. The van der Waals surface area contributed by atoms with Gasteiger partial charge in [0.1, 0.15) is 0 Å². The molecule has 1 aromatic heterocycles. The topological polar surface area (TPSA) is 64.4 Å². The maximum atomic E-state index is 12.5. The Balaban J connectivity index is 1.75. The molecule has 0 radical (unpaired) electrons. The van der Waals surface area contributed by atoms with E-state index < -0.39 is 9.84 Å². The molecule has 154 valence electrons. The molecule has 0 amide bonds. The van der Waals surface area contributed by atoms with E-state index in [0.717, 1.165) is 38.1 Å². The van der Waals surface area contributed by atoms with Gasteiger partial charge in [-0.2, -0.15) is 0 Å². The molecule has 1 aliphatic rings. The zero-order valence-corrected chi connectivity index (χ0v) is 17.7. The Labute approximate surface area is 168 Å². The number of likely N-dealkylation sites (N-methyl/N-ethyl adjacent to an activating group) is 1. The van der Waals surface area contributed by atoms with Gasteiger partial charge >= 0.3 is 0 Å². The molecule has 0 N–H and O–H groups in total. The van der Waals surface area contributed by atoms with Gasteiger partial charge in [0.2, 0.25) is 15.0 Å². The molecule has 3 rings (SSSR count). The van der Waals surface area contributed by atoms with Gasteiger partial charge in [0.25, 0.3) is 0 Å². The maximum Gasteiger partial charge on any atom is 0.227 e. The molecule has 0 bridgehead atoms. The van der Waals surface area contributed by atoms with Crippen molar-refractivity contribution in [3.8, 4) is 0 Å². The molecular weight excluding hydrogens is 374 g/mol. The van der Waals surface area contributed by atoms with Crippen molar-refractivity contribution in [2.45, 2.75) is 57.0 Å². The van der Waals surface area contributed by atoms with Crippen LogP contribution in [0.3, 0.4) is 0 Å². The molecule has 0 spiro atoms. The highest BCUT2D eigenvalue weighted by Crippen LogP contribution is 2.18. The molecule has 6 nitrogen and oxygen atoms in total. The number of hydrogen-bond acceptors (Lipinski definition) is 5. The van der Waals surface area contributed by atoms with E-state index in [2.05, 4.69) is 29.1 Å². The molecule has 28 heavy (non-hydrogen) atoms. The molecule has 2 aromatic rings. The van der Waals surface area contributed by atoms with Gasteiger partial charge in [0, 0.05) is 26.2 Å². The van der Waals surface area contributed by atoms with E-state index in [0.29, 0.717) is 13.1 Å². The second kappa shape index (κ2) is 9.67. The smallest absolute Gasteiger partial charge is 0.227 e. The van der Waals surface area contributed by atoms with Gasteiger partial charge in [0.15, 0.2) is 0 Å². The van der Waals surface area contributed by atoms with Crippen LogP contribution in [0.25, 0.3) is 0 Å². The van der Waals surface area contributed by atoms with E-state index in [9.17, 15) is 8.42 Å². The van der Waals surface area contributed by atoms with E-state index in [1.807, 2.05) is 22.8 Å². The van der Waals surface area contributed by atoms with Crippen molar-refractivity contribution < 1.29 is 13.2 Å². The number of sulfone groups is 1. The van der Waals surface area contributed by atoms with Crippen molar-refractivity contribution in [1.82, 2.24) is 14.5 Å². The van der Waals surface area contributed by atoms with Crippen molar-refractivity contribution >= 4 is 9.84 Å². The molecule has 1 atom stereocenters. The molecule has 1 saturated heterocycles. The first-order chi connectivity index (χ1) is 13.5. The SMILES string of the molecule is CCS(=O)(=O)c1ncc(CN(C)C[C@H]2CCCCO2)n1CCc1ccccc1. The molecule has 1 aliphatic heterocycles. The van der Waals surface area contributed by atoms with E-state index in [4.69, 9.17) is 4.74 Å². The van der Waals surface area contributed by atoms with Crippen molar-refractivity contribution in [2.75, 3.05) is 26.0 Å². The Hall–Kier alpha value is -1.70. The summed E-state index contributed by atoms with van der Waals surface area (Å²) in [6.45, 7) is 4.60. The summed E-state index contributed by atoms with van der Waals surface area (Å²) in [7, 11) is -1.31. The predicted molar refractivity (Wildman–Crippen MR) is 110 cm³/mol. The Bertz CT molecular complexity index is 843. The van der Waals surface area contributed by atoms with Gasteiger partial charge in [-0.1, -0.05) is 37.3 Å². The molecule has 1 aromatic carbocycles. The third-order valence-corrected chi connectivity index (χ3v) is 6.89. The summed E-state index contributed by atoms with van der Waals surface area (Å²) in [5.74, 6) is 0.0561. The first-order valence-electron chi connectivity index (χ1n) is 10.1. The van der Waals surface area contributed by atoms with Gasteiger partial charge in [0.05, 0.1) is 23.7 Å². The van der Waals surface area contributed by atoms with Crippen molar-refractivity contribution in [2.24, 2.45) is 0 Å². The fraction of sp³-hybridized carbons (Fsp3) is 0.571. The Morgan fingerprint density at radius 1 is 1.25 bits per heavy atom. The largest absolute Gasteiger partial charge is 0.377 e. The van der Waals surface area contributed by atoms with Crippen molar-refractivity contribution in [3.63, 3.8) is 0 Å². The number of nitrogens with zero attached hydrogens (tertiary/aromatic N) is 3.